The van der Waals surface area contributed by atoms with E-state index in [0.29, 0.717) is 5.56 Å². The van der Waals surface area contributed by atoms with Crippen LogP contribution < -0.4 is 5.73 Å². The summed E-state index contributed by atoms with van der Waals surface area (Å²) >= 11 is 0. The van der Waals surface area contributed by atoms with Crippen molar-refractivity contribution in [1.29, 1.82) is 0 Å². The number of nitrogens with zero attached hydrogens (tertiary/aromatic N) is 1. The Bertz CT molecular complexity index is 336. The van der Waals surface area contributed by atoms with Crippen LogP contribution in [0.5, 0.6) is 5.75 Å². The molecule has 0 bridgehead atoms. The van der Waals surface area contributed by atoms with Crippen molar-refractivity contribution < 1.29 is 10.0 Å². The van der Waals surface area contributed by atoms with Gasteiger partial charge >= 0.3 is 0 Å². The molecule has 0 heterocycles. The van der Waals surface area contributed by atoms with Crippen molar-refractivity contribution in [1.82, 2.24) is 0 Å². The fourth-order valence-corrected chi connectivity index (χ4v) is 1.07. The van der Waals surface area contributed by atoms with Gasteiger partial charge in [-0.15, -0.1) is 0 Å². The maximum Gasteiger partial charge on any atom is 0.274 e. The minimum atomic E-state index is -0.516. The second-order valence-corrected chi connectivity index (χ2v) is 2.79. The monoisotopic (exact) mass is 182 g/mol. The van der Waals surface area contributed by atoms with Gasteiger partial charge in [-0.25, -0.2) is 0 Å². The molecule has 1 aromatic carbocycles. The van der Waals surface area contributed by atoms with Crippen molar-refractivity contribution in [3.05, 3.63) is 33.9 Å². The van der Waals surface area contributed by atoms with Crippen LogP contribution >= 0.6 is 0 Å². The Morgan fingerprint density at radius 2 is 2.23 bits per heavy atom. The summed E-state index contributed by atoms with van der Waals surface area (Å²) in [6.07, 6.45) is 0. The van der Waals surface area contributed by atoms with Gasteiger partial charge in [-0.1, -0.05) is 0 Å². The number of nitro benzene ring substituents is 1. The Labute approximate surface area is 74.9 Å². The van der Waals surface area contributed by atoms with Crippen LogP contribution in [-0.4, -0.2) is 10.0 Å². The van der Waals surface area contributed by atoms with E-state index in [2.05, 4.69) is 0 Å². The largest absolute Gasteiger partial charge is 0.508 e. The summed E-state index contributed by atoms with van der Waals surface area (Å²) in [4.78, 5) is 9.99. The Kier molecular flexibility index (Phi) is 2.48. The number of phenolic OH excluding ortho intramolecular Hbond substituents is 1. The summed E-state index contributed by atoms with van der Waals surface area (Å²) in [5, 5.41) is 19.6. The number of benzene rings is 1. The van der Waals surface area contributed by atoms with Crippen molar-refractivity contribution in [3.63, 3.8) is 0 Å². The van der Waals surface area contributed by atoms with Crippen molar-refractivity contribution in [3.8, 4) is 5.75 Å². The van der Waals surface area contributed by atoms with Gasteiger partial charge in [0, 0.05) is 17.7 Å². The molecule has 1 atom stereocenters. The standard InChI is InChI=1S/C8H10N2O3/c1-5(9)7-4-6(11)2-3-8(7)10(12)13/h2-5,11H,9H2,1H3/t5-/m1/s1. The molecule has 0 aromatic heterocycles. The maximum absolute atomic E-state index is 10.5. The third-order valence-electron chi connectivity index (χ3n) is 1.70. The van der Waals surface area contributed by atoms with Crippen LogP contribution in [0.15, 0.2) is 18.2 Å². The van der Waals surface area contributed by atoms with E-state index < -0.39 is 11.0 Å². The van der Waals surface area contributed by atoms with Crippen LogP contribution in [-0.2, 0) is 0 Å². The molecule has 0 amide bonds. The molecule has 0 saturated heterocycles. The smallest absolute Gasteiger partial charge is 0.274 e. The highest BCUT2D eigenvalue weighted by Crippen LogP contribution is 2.27. The third kappa shape index (κ3) is 1.94. The molecule has 1 aromatic rings. The Balaban J connectivity index is 3.26. The number of aromatic hydroxyl groups is 1. The van der Waals surface area contributed by atoms with E-state index in [0.717, 1.165) is 0 Å². The first-order valence-corrected chi connectivity index (χ1v) is 3.75. The summed E-state index contributed by atoms with van der Waals surface area (Å²) in [7, 11) is 0. The zero-order chi connectivity index (χ0) is 10.0. The van der Waals surface area contributed by atoms with E-state index in [4.69, 9.17) is 10.8 Å². The van der Waals surface area contributed by atoms with E-state index in [1.807, 2.05) is 0 Å². The molecule has 0 unspecified atom stereocenters. The molecule has 0 radical (unpaired) electrons. The van der Waals surface area contributed by atoms with Gasteiger partial charge in [-0.05, 0) is 19.1 Å². The molecule has 0 aliphatic rings. The van der Waals surface area contributed by atoms with Gasteiger partial charge in [0.05, 0.1) is 4.92 Å². The van der Waals surface area contributed by atoms with Crippen LogP contribution in [0.25, 0.3) is 0 Å². The average molecular weight is 182 g/mol. The van der Waals surface area contributed by atoms with Crippen LogP contribution in [0.1, 0.15) is 18.5 Å². The first-order chi connectivity index (χ1) is 6.02. The average Bonchev–Trinajstić information content (AvgIpc) is 2.03. The molecular weight excluding hydrogens is 172 g/mol. The topological polar surface area (TPSA) is 89.4 Å². The molecule has 1 rings (SSSR count). The zero-order valence-electron chi connectivity index (χ0n) is 7.10. The van der Waals surface area contributed by atoms with Gasteiger partial charge in [-0.3, -0.25) is 10.1 Å². The van der Waals surface area contributed by atoms with E-state index in [1.54, 1.807) is 6.92 Å². The summed E-state index contributed by atoms with van der Waals surface area (Å²) < 4.78 is 0. The number of nitro groups is 1. The molecule has 0 fully saturated rings. The molecule has 0 aliphatic heterocycles. The molecule has 0 spiro atoms. The number of nitrogens with two attached hydrogens (primary N) is 1. The van der Waals surface area contributed by atoms with Crippen LogP contribution in [0.2, 0.25) is 0 Å². The molecule has 0 saturated carbocycles. The minimum Gasteiger partial charge on any atom is -0.508 e. The summed E-state index contributed by atoms with van der Waals surface area (Å²) in [5.41, 5.74) is 5.78. The molecule has 5 heteroatoms. The molecule has 0 aliphatic carbocycles. The number of hydrogen-bond acceptors (Lipinski definition) is 4. The van der Waals surface area contributed by atoms with Gasteiger partial charge in [0.1, 0.15) is 5.75 Å². The second kappa shape index (κ2) is 3.40. The highest BCUT2D eigenvalue weighted by molar-refractivity contribution is 5.46. The number of phenols is 1. The fraction of sp³-hybridized carbons (Fsp3) is 0.250. The van der Waals surface area contributed by atoms with Crippen LogP contribution in [0, 0.1) is 10.1 Å². The van der Waals surface area contributed by atoms with Crippen molar-refractivity contribution in [2.75, 3.05) is 0 Å². The molecular formula is C8H10N2O3. The number of rotatable bonds is 2. The van der Waals surface area contributed by atoms with Crippen molar-refractivity contribution >= 4 is 5.69 Å². The summed E-state index contributed by atoms with van der Waals surface area (Å²) in [6.45, 7) is 1.63. The first-order valence-electron chi connectivity index (χ1n) is 3.75. The van der Waals surface area contributed by atoms with E-state index in [-0.39, 0.29) is 11.4 Å². The van der Waals surface area contributed by atoms with Crippen LogP contribution in [0.4, 0.5) is 5.69 Å². The molecule has 13 heavy (non-hydrogen) atoms. The second-order valence-electron chi connectivity index (χ2n) is 2.79. The van der Waals surface area contributed by atoms with Crippen molar-refractivity contribution in [2.24, 2.45) is 5.73 Å². The van der Waals surface area contributed by atoms with Crippen molar-refractivity contribution in [2.45, 2.75) is 13.0 Å². The minimum absolute atomic E-state index is 0.0158. The lowest BCUT2D eigenvalue weighted by Crippen LogP contribution is -2.07. The zero-order valence-corrected chi connectivity index (χ0v) is 7.10. The predicted molar refractivity (Wildman–Crippen MR) is 47.4 cm³/mol. The quantitative estimate of drug-likeness (QED) is 0.533. The predicted octanol–water partition coefficient (Wildman–Crippen LogP) is 1.32. The first kappa shape index (κ1) is 9.47. The normalized spacial score (nSPS) is 12.5. The molecule has 5 nitrogen and oxygen atoms in total. The van der Waals surface area contributed by atoms with Gasteiger partial charge in [0.2, 0.25) is 0 Å². The Morgan fingerprint density at radius 1 is 1.62 bits per heavy atom. The lowest BCUT2D eigenvalue weighted by Gasteiger charge is -2.06. The molecule has 70 valence electrons. The fourth-order valence-electron chi connectivity index (χ4n) is 1.07. The van der Waals surface area contributed by atoms with Gasteiger partial charge in [-0.2, -0.15) is 0 Å². The third-order valence-corrected chi connectivity index (χ3v) is 1.70. The summed E-state index contributed by atoms with van der Waals surface area (Å²) in [5.74, 6) is -0.0158. The van der Waals surface area contributed by atoms with Gasteiger partial charge in [0.25, 0.3) is 5.69 Å². The van der Waals surface area contributed by atoms with E-state index in [1.165, 1.54) is 18.2 Å². The van der Waals surface area contributed by atoms with Crippen LogP contribution in [0.3, 0.4) is 0 Å². The maximum atomic E-state index is 10.5. The summed E-state index contributed by atoms with van der Waals surface area (Å²) in [6, 6.07) is 3.36. The molecule has 3 N–H and O–H groups in total. The SMILES string of the molecule is C[C@@H](N)c1cc(O)ccc1[N+](=O)[O-]. The lowest BCUT2D eigenvalue weighted by atomic mass is 10.1. The highest BCUT2D eigenvalue weighted by Gasteiger charge is 2.16. The van der Waals surface area contributed by atoms with E-state index in [9.17, 15) is 10.1 Å². The Hall–Kier alpha value is -1.62. The van der Waals surface area contributed by atoms with Gasteiger partial charge < -0.3 is 10.8 Å². The highest BCUT2D eigenvalue weighted by atomic mass is 16.6. The van der Waals surface area contributed by atoms with E-state index >= 15 is 0 Å². The number of hydrogen-bond donors (Lipinski definition) is 2. The van der Waals surface area contributed by atoms with Gasteiger partial charge in [0.15, 0.2) is 0 Å². The Morgan fingerprint density at radius 3 is 2.69 bits per heavy atom. The lowest BCUT2D eigenvalue weighted by molar-refractivity contribution is -0.385.